The standard InChI is InChI=1S/C11H13N3O3S/c1-6(7-2-12-3-7)10(15)13-4-9-14-8(5-18-9)11(16)17/h5,12H,2-4H2,1H3,(H,13,15)(H,16,17). The molecule has 3 N–H and O–H groups in total. The van der Waals surface area contributed by atoms with Crippen molar-refractivity contribution in [2.45, 2.75) is 13.5 Å². The molecule has 1 aliphatic rings. The smallest absolute Gasteiger partial charge is 0.355 e. The van der Waals surface area contributed by atoms with Crippen LogP contribution in [0.3, 0.4) is 0 Å². The van der Waals surface area contributed by atoms with Gasteiger partial charge in [-0.25, -0.2) is 9.78 Å². The number of carbonyl (C=O) groups is 2. The van der Waals surface area contributed by atoms with Crippen molar-refractivity contribution in [2.24, 2.45) is 0 Å². The second-order valence-corrected chi connectivity index (χ2v) is 4.89. The summed E-state index contributed by atoms with van der Waals surface area (Å²) in [5.74, 6) is -1.18. The number of nitrogens with one attached hydrogen (secondary N) is 2. The predicted octanol–water partition coefficient (Wildman–Crippen LogP) is 0.377. The molecule has 1 aliphatic heterocycles. The van der Waals surface area contributed by atoms with Crippen molar-refractivity contribution in [3.8, 4) is 0 Å². The number of amides is 1. The highest BCUT2D eigenvalue weighted by molar-refractivity contribution is 7.09. The van der Waals surface area contributed by atoms with E-state index in [0.717, 1.165) is 24.2 Å². The van der Waals surface area contributed by atoms with E-state index in [9.17, 15) is 9.59 Å². The first kappa shape index (κ1) is 12.7. The molecule has 7 heteroatoms. The van der Waals surface area contributed by atoms with Crippen LogP contribution in [0.2, 0.25) is 0 Å². The van der Waals surface area contributed by atoms with Crippen molar-refractivity contribution in [3.05, 3.63) is 27.2 Å². The molecule has 6 nitrogen and oxygen atoms in total. The maximum Gasteiger partial charge on any atom is 0.355 e. The van der Waals surface area contributed by atoms with Crippen LogP contribution in [0.1, 0.15) is 22.4 Å². The molecule has 0 saturated carbocycles. The molecule has 0 aromatic carbocycles. The van der Waals surface area contributed by atoms with Crippen LogP contribution in [0.4, 0.5) is 0 Å². The normalized spacial score (nSPS) is 13.9. The minimum atomic E-state index is -1.05. The SMILES string of the molecule is CC(C(=O)NCc1nc(C(=O)O)cs1)=C1CNC1. The molecule has 1 amide bonds. The van der Waals surface area contributed by atoms with Crippen molar-refractivity contribution < 1.29 is 14.7 Å². The summed E-state index contributed by atoms with van der Waals surface area (Å²) in [5, 5.41) is 16.6. The van der Waals surface area contributed by atoms with E-state index in [2.05, 4.69) is 15.6 Å². The van der Waals surface area contributed by atoms with E-state index < -0.39 is 5.97 Å². The van der Waals surface area contributed by atoms with Crippen LogP contribution in [0.5, 0.6) is 0 Å². The Morgan fingerprint density at radius 1 is 1.56 bits per heavy atom. The molecule has 1 aromatic rings. The summed E-state index contributed by atoms with van der Waals surface area (Å²) in [5.41, 5.74) is 1.85. The number of hydrogen-bond acceptors (Lipinski definition) is 5. The van der Waals surface area contributed by atoms with Gasteiger partial charge in [0.1, 0.15) is 5.01 Å². The molecule has 0 spiro atoms. The van der Waals surface area contributed by atoms with Crippen LogP contribution >= 0.6 is 11.3 Å². The van der Waals surface area contributed by atoms with Gasteiger partial charge in [0.25, 0.3) is 0 Å². The minimum absolute atomic E-state index is 0.0162. The van der Waals surface area contributed by atoms with Crippen LogP contribution in [0, 0.1) is 0 Å². The fraction of sp³-hybridized carbons (Fsp3) is 0.364. The summed E-state index contributed by atoms with van der Waals surface area (Å²) < 4.78 is 0. The number of rotatable bonds is 4. The molecule has 2 rings (SSSR count). The van der Waals surface area contributed by atoms with Crippen LogP contribution in [0.25, 0.3) is 0 Å². The van der Waals surface area contributed by atoms with Crippen molar-refractivity contribution >= 4 is 23.2 Å². The lowest BCUT2D eigenvalue weighted by Crippen LogP contribution is -2.37. The molecule has 0 radical (unpaired) electrons. The number of carboxylic acid groups (broad SMARTS) is 1. The quantitative estimate of drug-likeness (QED) is 0.686. The highest BCUT2D eigenvalue weighted by Crippen LogP contribution is 2.11. The summed E-state index contributed by atoms with van der Waals surface area (Å²) in [4.78, 5) is 26.3. The molecular formula is C11H13N3O3S. The van der Waals surface area contributed by atoms with E-state index in [4.69, 9.17) is 5.11 Å². The number of aromatic carboxylic acids is 1. The van der Waals surface area contributed by atoms with Gasteiger partial charge in [-0.15, -0.1) is 11.3 Å². The third kappa shape index (κ3) is 2.74. The minimum Gasteiger partial charge on any atom is -0.476 e. The number of hydrogen-bond donors (Lipinski definition) is 3. The van der Waals surface area contributed by atoms with Crippen LogP contribution < -0.4 is 10.6 Å². The number of carbonyl (C=O) groups excluding carboxylic acids is 1. The van der Waals surface area contributed by atoms with E-state index in [1.807, 2.05) is 0 Å². The maximum atomic E-state index is 11.8. The topological polar surface area (TPSA) is 91.3 Å². The van der Waals surface area contributed by atoms with E-state index in [-0.39, 0.29) is 18.1 Å². The monoisotopic (exact) mass is 267 g/mol. The van der Waals surface area contributed by atoms with Crippen LogP contribution in [-0.4, -0.2) is 35.1 Å². The first-order valence-electron chi connectivity index (χ1n) is 5.43. The van der Waals surface area contributed by atoms with E-state index >= 15 is 0 Å². The lowest BCUT2D eigenvalue weighted by atomic mass is 10.0. The van der Waals surface area contributed by atoms with Gasteiger partial charge < -0.3 is 15.7 Å². The van der Waals surface area contributed by atoms with Gasteiger partial charge in [-0.1, -0.05) is 0 Å². The van der Waals surface area contributed by atoms with Crippen molar-refractivity contribution in [1.82, 2.24) is 15.6 Å². The summed E-state index contributed by atoms with van der Waals surface area (Å²) in [6.07, 6.45) is 0. The Morgan fingerprint density at radius 2 is 2.28 bits per heavy atom. The molecule has 0 unspecified atom stereocenters. The second-order valence-electron chi connectivity index (χ2n) is 3.95. The molecule has 2 heterocycles. The first-order valence-corrected chi connectivity index (χ1v) is 6.31. The molecule has 0 bridgehead atoms. The third-order valence-electron chi connectivity index (χ3n) is 2.72. The van der Waals surface area contributed by atoms with E-state index in [1.54, 1.807) is 6.92 Å². The van der Waals surface area contributed by atoms with Gasteiger partial charge in [0.05, 0.1) is 6.54 Å². The summed E-state index contributed by atoms with van der Waals surface area (Å²) in [6, 6.07) is 0. The van der Waals surface area contributed by atoms with E-state index in [0.29, 0.717) is 5.01 Å². The molecule has 1 saturated heterocycles. The predicted molar refractivity (Wildman–Crippen MR) is 66.5 cm³/mol. The highest BCUT2D eigenvalue weighted by atomic mass is 32.1. The molecule has 18 heavy (non-hydrogen) atoms. The maximum absolute atomic E-state index is 11.8. The summed E-state index contributed by atoms with van der Waals surface area (Å²) >= 11 is 1.22. The summed E-state index contributed by atoms with van der Waals surface area (Å²) in [6.45, 7) is 3.57. The van der Waals surface area contributed by atoms with Gasteiger partial charge >= 0.3 is 5.97 Å². The Hall–Kier alpha value is -1.73. The number of thiazole rings is 1. The van der Waals surface area contributed by atoms with E-state index in [1.165, 1.54) is 16.7 Å². The molecule has 1 fully saturated rings. The fourth-order valence-electron chi connectivity index (χ4n) is 1.45. The largest absolute Gasteiger partial charge is 0.476 e. The van der Waals surface area contributed by atoms with Crippen molar-refractivity contribution in [3.63, 3.8) is 0 Å². The zero-order chi connectivity index (χ0) is 13.1. The Balaban J connectivity index is 1.91. The zero-order valence-corrected chi connectivity index (χ0v) is 10.6. The lowest BCUT2D eigenvalue weighted by Gasteiger charge is -2.21. The molecule has 96 valence electrons. The average Bonchev–Trinajstić information content (AvgIpc) is 2.72. The second kappa shape index (κ2) is 5.28. The van der Waals surface area contributed by atoms with Gasteiger partial charge in [0.2, 0.25) is 5.91 Å². The Morgan fingerprint density at radius 3 is 2.78 bits per heavy atom. The molecular weight excluding hydrogens is 254 g/mol. The molecule has 0 aliphatic carbocycles. The number of carboxylic acids is 1. The lowest BCUT2D eigenvalue weighted by molar-refractivity contribution is -0.117. The van der Waals surface area contributed by atoms with Gasteiger partial charge in [-0.2, -0.15) is 0 Å². The first-order chi connectivity index (χ1) is 8.58. The van der Waals surface area contributed by atoms with Gasteiger partial charge in [0, 0.05) is 24.0 Å². The van der Waals surface area contributed by atoms with Gasteiger partial charge in [0.15, 0.2) is 5.69 Å². The Kier molecular flexibility index (Phi) is 3.73. The van der Waals surface area contributed by atoms with Crippen LogP contribution in [-0.2, 0) is 11.3 Å². The number of aromatic nitrogens is 1. The van der Waals surface area contributed by atoms with Crippen LogP contribution in [0.15, 0.2) is 16.5 Å². The summed E-state index contributed by atoms with van der Waals surface area (Å²) in [7, 11) is 0. The van der Waals surface area contributed by atoms with Gasteiger partial charge in [-0.05, 0) is 12.5 Å². The van der Waals surface area contributed by atoms with Crippen molar-refractivity contribution in [2.75, 3.05) is 13.1 Å². The highest BCUT2D eigenvalue weighted by Gasteiger charge is 2.16. The Labute approximate surface area is 108 Å². The Bertz CT molecular complexity index is 515. The van der Waals surface area contributed by atoms with Crippen molar-refractivity contribution in [1.29, 1.82) is 0 Å². The average molecular weight is 267 g/mol. The number of nitrogens with zero attached hydrogens (tertiary/aromatic N) is 1. The zero-order valence-electron chi connectivity index (χ0n) is 9.82. The molecule has 0 atom stereocenters. The third-order valence-corrected chi connectivity index (χ3v) is 3.57. The molecule has 1 aromatic heterocycles. The van der Waals surface area contributed by atoms with Gasteiger partial charge in [-0.3, -0.25) is 4.79 Å². The fourth-order valence-corrected chi connectivity index (χ4v) is 2.16.